The minimum Gasteiger partial charge on any atom is -0.481 e. The van der Waals surface area contributed by atoms with Gasteiger partial charge >= 0.3 is 11.9 Å². The van der Waals surface area contributed by atoms with E-state index in [9.17, 15) is 24.3 Å². The molecule has 218 valence electrons. The van der Waals surface area contributed by atoms with Gasteiger partial charge in [-0.2, -0.15) is 4.98 Å². The summed E-state index contributed by atoms with van der Waals surface area (Å²) in [6.07, 6.45) is 0. The molecule has 2 atom stereocenters. The Morgan fingerprint density at radius 3 is 2.29 bits per heavy atom. The number of benzene rings is 1. The molecule has 1 saturated heterocycles. The normalized spacial score (nSPS) is 18.1. The van der Waals surface area contributed by atoms with Gasteiger partial charge in [0, 0.05) is 31.6 Å². The number of aromatic nitrogens is 2. The number of amides is 2. The summed E-state index contributed by atoms with van der Waals surface area (Å²) >= 11 is 18.6. The van der Waals surface area contributed by atoms with Crippen LogP contribution in [0.5, 0.6) is 0 Å². The number of carbonyl (C=O) groups is 4. The lowest BCUT2D eigenvalue weighted by Gasteiger charge is -2.49. The van der Waals surface area contributed by atoms with Gasteiger partial charge in [-0.3, -0.25) is 19.3 Å². The van der Waals surface area contributed by atoms with Crippen LogP contribution in [-0.2, 0) is 19.2 Å². The Balaban J connectivity index is 1.33. The second-order valence-corrected chi connectivity index (χ2v) is 14.5. The fraction of sp³-hybridized carbons (Fsp3) is 0.273. The molecule has 0 radical (unpaired) electrons. The molecule has 1 fully saturated rings. The van der Waals surface area contributed by atoms with Crippen molar-refractivity contribution in [1.82, 2.24) is 20.2 Å². The maximum atomic E-state index is 12.9. The molecule has 1 aromatic heterocycles. The van der Waals surface area contributed by atoms with Crippen LogP contribution in [0.15, 0.2) is 43.6 Å². The van der Waals surface area contributed by atoms with E-state index < -0.39 is 35.2 Å². The number of carboxylic acid groups (broad SMARTS) is 2. The zero-order chi connectivity index (χ0) is 29.8. The zero-order valence-electron chi connectivity index (χ0n) is 20.5. The van der Waals surface area contributed by atoms with Crippen molar-refractivity contribution < 1.29 is 29.4 Å². The van der Waals surface area contributed by atoms with E-state index in [-0.39, 0.29) is 29.0 Å². The van der Waals surface area contributed by atoms with E-state index in [0.29, 0.717) is 40.6 Å². The predicted molar refractivity (Wildman–Crippen MR) is 164 cm³/mol. The van der Waals surface area contributed by atoms with E-state index in [1.807, 2.05) is 0 Å². The molecule has 19 heteroatoms. The number of carbonyl (C=O) groups excluding carboxylic acids is 2. The largest absolute Gasteiger partial charge is 0.481 e. The molecule has 2 amide bonds. The number of rotatable bonds is 12. The van der Waals surface area contributed by atoms with Crippen LogP contribution in [-0.4, -0.2) is 82.6 Å². The van der Waals surface area contributed by atoms with Crippen LogP contribution in [0.3, 0.4) is 0 Å². The van der Waals surface area contributed by atoms with Gasteiger partial charge in [0.1, 0.15) is 28.0 Å². The van der Waals surface area contributed by atoms with Crippen molar-refractivity contribution in [2.75, 3.05) is 33.8 Å². The van der Waals surface area contributed by atoms with Gasteiger partial charge in [-0.05, 0) is 12.1 Å². The minimum absolute atomic E-state index is 0.0357. The molecule has 2 aromatic rings. The quantitative estimate of drug-likeness (QED) is 0.0935. The summed E-state index contributed by atoms with van der Waals surface area (Å²) in [6.45, 7) is 0. The lowest BCUT2D eigenvalue weighted by atomic mass is 10.1. The predicted octanol–water partition coefficient (Wildman–Crippen LogP) is 3.40. The Morgan fingerprint density at radius 1 is 1.02 bits per heavy atom. The summed E-state index contributed by atoms with van der Waals surface area (Å²) in [4.78, 5) is 59.1. The van der Waals surface area contributed by atoms with E-state index in [1.54, 1.807) is 12.1 Å². The highest BCUT2D eigenvalue weighted by atomic mass is 35.5. The van der Waals surface area contributed by atoms with Gasteiger partial charge in [-0.1, -0.05) is 35.0 Å². The summed E-state index contributed by atoms with van der Waals surface area (Å²) in [6, 6.07) is 3.78. The third-order valence-electron chi connectivity index (χ3n) is 5.33. The lowest BCUT2D eigenvalue weighted by Crippen LogP contribution is -2.70. The number of anilines is 2. The molecule has 3 heterocycles. The molecule has 0 aliphatic carbocycles. The molecule has 1 aromatic carbocycles. The number of aliphatic carboxylic acids is 2. The van der Waals surface area contributed by atoms with E-state index >= 15 is 0 Å². The molecule has 4 rings (SSSR count). The van der Waals surface area contributed by atoms with E-state index in [0.717, 1.165) is 23.5 Å². The number of fused-ring (bicyclic) bond motifs is 1. The number of carboxylic acids is 2. The van der Waals surface area contributed by atoms with Crippen LogP contribution in [0.4, 0.5) is 11.8 Å². The first-order valence-electron chi connectivity index (χ1n) is 11.3. The number of nitrogens with zero attached hydrogens (tertiary/aromatic N) is 3. The van der Waals surface area contributed by atoms with E-state index in [1.165, 1.54) is 46.3 Å². The van der Waals surface area contributed by atoms with Gasteiger partial charge in [0.15, 0.2) is 0 Å². The van der Waals surface area contributed by atoms with Gasteiger partial charge in [0.25, 0.3) is 5.91 Å². The van der Waals surface area contributed by atoms with Crippen LogP contribution < -0.4 is 16.8 Å². The van der Waals surface area contributed by atoms with E-state index in [2.05, 4.69) is 15.3 Å². The SMILES string of the molecule is Nc1cc(SCSC2=C(C(=O)O)N3C(=O)[C@@H](NC(=O)CSc4cc(Cl)c(SCC(=O)O)cc4Cl)[C@H]3SC2)nc(N)n1. The molecular weight excluding hydrogens is 676 g/mol. The van der Waals surface area contributed by atoms with Crippen molar-refractivity contribution in [3.63, 3.8) is 0 Å². The molecular formula is C22H20Cl2N6O6S5. The van der Waals surface area contributed by atoms with Crippen molar-refractivity contribution in [2.24, 2.45) is 0 Å². The minimum atomic E-state index is -1.23. The average molecular weight is 696 g/mol. The maximum absolute atomic E-state index is 12.9. The molecule has 2 aliphatic heterocycles. The van der Waals surface area contributed by atoms with Crippen LogP contribution in [0.25, 0.3) is 0 Å². The standard InChI is InChI=1S/C22H20Cl2N6O6S5/c23-8-2-11(38-6-16(32)33)9(24)1-10(8)37-5-14(31)28-17-19(34)30-18(21(35)36)12(4-39-20(17)30)40-7-41-15-3-13(25)27-22(26)29-15/h1-3,17,20H,4-7H2,(H,28,31)(H,32,33)(H,35,36)(H4,25,26,27,29)/t17-,20-/m1/s1. The monoisotopic (exact) mass is 694 g/mol. The maximum Gasteiger partial charge on any atom is 0.353 e. The molecule has 0 bridgehead atoms. The fourth-order valence-electron chi connectivity index (χ4n) is 3.63. The first-order valence-corrected chi connectivity index (χ1v) is 17.0. The van der Waals surface area contributed by atoms with Crippen molar-refractivity contribution in [2.45, 2.75) is 26.2 Å². The third kappa shape index (κ3) is 7.82. The van der Waals surface area contributed by atoms with Gasteiger partial charge < -0.3 is 27.0 Å². The summed E-state index contributed by atoms with van der Waals surface area (Å²) < 4.78 is 0. The second kappa shape index (κ2) is 13.9. The van der Waals surface area contributed by atoms with E-state index in [4.69, 9.17) is 39.8 Å². The summed E-state index contributed by atoms with van der Waals surface area (Å²) in [5.41, 5.74) is 11.2. The number of nitrogens with two attached hydrogens (primary N) is 2. The molecule has 0 unspecified atom stereocenters. The highest BCUT2D eigenvalue weighted by Crippen LogP contribution is 2.44. The number of β-lactam (4-membered cyclic amide) rings is 1. The van der Waals surface area contributed by atoms with Crippen molar-refractivity contribution >= 4 is 118 Å². The Hall–Kier alpha value is -2.15. The van der Waals surface area contributed by atoms with Crippen molar-refractivity contribution in [3.05, 3.63) is 38.8 Å². The number of hydrogen-bond donors (Lipinski definition) is 5. The Labute approximate surface area is 264 Å². The summed E-state index contributed by atoms with van der Waals surface area (Å²) in [7, 11) is 0. The summed E-state index contributed by atoms with van der Waals surface area (Å²) in [5.74, 6) is -2.82. The Bertz CT molecular complexity index is 1430. The second-order valence-electron chi connectivity index (χ2n) is 8.11. The van der Waals surface area contributed by atoms with Crippen molar-refractivity contribution in [1.29, 1.82) is 0 Å². The molecule has 41 heavy (non-hydrogen) atoms. The Kier molecular flexibility index (Phi) is 10.8. The number of nitrogen functional groups attached to an aromatic ring is 2. The molecule has 0 spiro atoms. The smallest absolute Gasteiger partial charge is 0.353 e. The van der Waals surface area contributed by atoms with Crippen molar-refractivity contribution in [3.8, 4) is 0 Å². The highest BCUT2D eigenvalue weighted by Gasteiger charge is 2.54. The third-order valence-corrected chi connectivity index (χ3v) is 11.9. The molecule has 0 saturated carbocycles. The van der Waals surface area contributed by atoms with Gasteiger partial charge in [-0.25, -0.2) is 9.78 Å². The van der Waals surface area contributed by atoms with Gasteiger partial charge in [-0.15, -0.1) is 47.0 Å². The molecule has 2 aliphatic rings. The Morgan fingerprint density at radius 2 is 1.68 bits per heavy atom. The van der Waals surface area contributed by atoms with Gasteiger partial charge in [0.05, 0.1) is 21.6 Å². The molecule has 7 N–H and O–H groups in total. The lowest BCUT2D eigenvalue weighted by molar-refractivity contribution is -0.150. The highest BCUT2D eigenvalue weighted by molar-refractivity contribution is 8.18. The average Bonchev–Trinajstić information content (AvgIpc) is 2.90. The van der Waals surface area contributed by atoms with Crippen LogP contribution in [0.1, 0.15) is 0 Å². The first-order chi connectivity index (χ1) is 19.4. The van der Waals surface area contributed by atoms with Crippen LogP contribution >= 0.6 is 82.0 Å². The van der Waals surface area contributed by atoms with Gasteiger partial charge in [0.2, 0.25) is 11.9 Å². The number of halogens is 2. The number of nitrogens with one attached hydrogen (secondary N) is 1. The van der Waals surface area contributed by atoms with Crippen LogP contribution in [0, 0.1) is 0 Å². The molecule has 12 nitrogen and oxygen atoms in total. The fourth-order valence-corrected chi connectivity index (χ4v) is 9.56. The zero-order valence-corrected chi connectivity index (χ0v) is 26.1. The number of thioether (sulfide) groups is 5. The van der Waals surface area contributed by atoms with Crippen LogP contribution in [0.2, 0.25) is 10.0 Å². The first kappa shape index (κ1) is 31.8. The summed E-state index contributed by atoms with van der Waals surface area (Å²) in [5, 5.41) is 22.4. The topological polar surface area (TPSA) is 202 Å². The number of hydrogen-bond acceptors (Lipinski definition) is 13.